The van der Waals surface area contributed by atoms with Gasteiger partial charge in [0.15, 0.2) is 12.6 Å². The molecule has 1 saturated carbocycles. The van der Waals surface area contributed by atoms with Gasteiger partial charge in [-0.1, -0.05) is 12.1 Å². The van der Waals surface area contributed by atoms with Gasteiger partial charge in [-0.15, -0.1) is 24.0 Å². The zero-order valence-corrected chi connectivity index (χ0v) is 17.4. The largest absolute Gasteiger partial charge is 0.484 e. The van der Waals surface area contributed by atoms with Crippen LogP contribution in [0, 0.1) is 0 Å². The molecule has 0 bridgehead atoms. The number of hydrogen-bond donors (Lipinski definition) is 4. The van der Waals surface area contributed by atoms with Crippen molar-refractivity contribution >= 4 is 35.8 Å². The molecular formula is C18H29IN4O3. The molecule has 5 N–H and O–H groups in total. The average molecular weight is 476 g/mol. The van der Waals surface area contributed by atoms with Crippen molar-refractivity contribution in [2.75, 3.05) is 13.2 Å². The van der Waals surface area contributed by atoms with Crippen LogP contribution in [0.15, 0.2) is 29.3 Å². The number of nitrogens with two attached hydrogens (primary N) is 1. The van der Waals surface area contributed by atoms with E-state index in [0.717, 1.165) is 43.8 Å². The van der Waals surface area contributed by atoms with E-state index in [2.05, 4.69) is 15.6 Å². The van der Waals surface area contributed by atoms with Crippen molar-refractivity contribution in [1.29, 1.82) is 0 Å². The van der Waals surface area contributed by atoms with Gasteiger partial charge in [0.2, 0.25) is 0 Å². The van der Waals surface area contributed by atoms with Gasteiger partial charge >= 0.3 is 0 Å². The molecule has 1 aliphatic rings. The molecule has 2 rings (SSSR count). The first kappa shape index (κ1) is 22.5. The number of nitrogens with zero attached hydrogens (tertiary/aromatic N) is 1. The lowest BCUT2D eigenvalue weighted by atomic mass is 9.93. The van der Waals surface area contributed by atoms with E-state index < -0.39 is 5.91 Å². The Balaban J connectivity index is 0.00000338. The number of benzene rings is 1. The maximum absolute atomic E-state index is 10.8. The van der Waals surface area contributed by atoms with Crippen LogP contribution in [0.4, 0.5) is 0 Å². The predicted molar refractivity (Wildman–Crippen MR) is 113 cm³/mol. The fourth-order valence-electron chi connectivity index (χ4n) is 2.79. The lowest BCUT2D eigenvalue weighted by Gasteiger charge is -2.27. The molecule has 0 atom stereocenters. The molecule has 0 aromatic heterocycles. The van der Waals surface area contributed by atoms with Crippen molar-refractivity contribution in [3.63, 3.8) is 0 Å². The third kappa shape index (κ3) is 8.22. The van der Waals surface area contributed by atoms with E-state index in [-0.39, 0.29) is 36.7 Å². The summed E-state index contributed by atoms with van der Waals surface area (Å²) in [5.41, 5.74) is 6.07. The molecule has 8 heteroatoms. The Morgan fingerprint density at radius 1 is 1.35 bits per heavy atom. The smallest absolute Gasteiger partial charge is 0.255 e. The quantitative estimate of drug-likeness (QED) is 0.271. The summed E-state index contributed by atoms with van der Waals surface area (Å²) in [7, 11) is 0. The van der Waals surface area contributed by atoms with Gasteiger partial charge in [0, 0.05) is 12.6 Å². The number of aliphatic imine (C=N–C) groups is 1. The van der Waals surface area contributed by atoms with Gasteiger partial charge in [-0.05, 0) is 50.3 Å². The van der Waals surface area contributed by atoms with E-state index in [0.29, 0.717) is 18.3 Å². The molecule has 0 spiro atoms. The minimum Gasteiger partial charge on any atom is -0.484 e. The number of carbonyl (C=O) groups is 1. The Labute approximate surface area is 171 Å². The number of carbonyl (C=O) groups excluding carboxylic acids is 1. The molecule has 1 fully saturated rings. The van der Waals surface area contributed by atoms with Crippen molar-refractivity contribution in [3.05, 3.63) is 29.8 Å². The zero-order chi connectivity index (χ0) is 18.1. The maximum Gasteiger partial charge on any atom is 0.255 e. The van der Waals surface area contributed by atoms with Crippen molar-refractivity contribution in [1.82, 2.24) is 10.6 Å². The lowest BCUT2D eigenvalue weighted by Crippen LogP contribution is -2.45. The Hall–Kier alpha value is -1.55. The number of nitrogens with one attached hydrogen (secondary N) is 2. The summed E-state index contributed by atoms with van der Waals surface area (Å²) in [5.74, 6) is 0.873. The standard InChI is InChI=1S/C18H28N4O3.HI/c1-2-20-18(22-14-6-8-15(23)9-7-14)21-11-13-4-3-5-16(10-13)25-12-17(19)24;/h3-5,10,14-15,23H,2,6-9,11-12H2,1H3,(H2,19,24)(H2,20,21,22);1H. The molecule has 1 amide bonds. The summed E-state index contributed by atoms with van der Waals surface area (Å²) in [4.78, 5) is 15.4. The number of hydrogen-bond acceptors (Lipinski definition) is 4. The summed E-state index contributed by atoms with van der Waals surface area (Å²) >= 11 is 0. The SMILES string of the molecule is CCNC(=NCc1cccc(OCC(N)=O)c1)NC1CCC(O)CC1.I. The van der Waals surface area contributed by atoms with Crippen LogP contribution in [0.2, 0.25) is 0 Å². The molecule has 0 radical (unpaired) electrons. The van der Waals surface area contributed by atoms with Gasteiger partial charge in [-0.3, -0.25) is 4.79 Å². The normalized spacial score (nSPS) is 20.0. The number of halogens is 1. The molecule has 146 valence electrons. The summed E-state index contributed by atoms with van der Waals surface area (Å²) < 4.78 is 5.32. The van der Waals surface area contributed by atoms with Gasteiger partial charge in [-0.25, -0.2) is 4.99 Å². The first-order chi connectivity index (χ1) is 12.1. The molecule has 0 saturated heterocycles. The van der Waals surface area contributed by atoms with E-state index in [1.54, 1.807) is 6.07 Å². The van der Waals surface area contributed by atoms with E-state index >= 15 is 0 Å². The van der Waals surface area contributed by atoms with Crippen LogP contribution in [-0.2, 0) is 11.3 Å². The summed E-state index contributed by atoms with van der Waals surface area (Å²) in [6.45, 7) is 3.17. The van der Waals surface area contributed by atoms with Gasteiger partial charge < -0.3 is 26.2 Å². The van der Waals surface area contributed by atoms with Gasteiger partial charge in [0.1, 0.15) is 5.75 Å². The van der Waals surface area contributed by atoms with Crippen molar-refractivity contribution in [2.45, 2.75) is 51.3 Å². The van der Waals surface area contributed by atoms with Crippen LogP contribution < -0.4 is 21.1 Å². The zero-order valence-electron chi connectivity index (χ0n) is 15.1. The summed E-state index contributed by atoms with van der Waals surface area (Å²) in [5, 5.41) is 16.3. The number of ether oxygens (including phenoxy) is 1. The van der Waals surface area contributed by atoms with Crippen LogP contribution >= 0.6 is 24.0 Å². The number of primary amides is 1. The van der Waals surface area contributed by atoms with Crippen LogP contribution in [0.3, 0.4) is 0 Å². The monoisotopic (exact) mass is 476 g/mol. The fourth-order valence-corrected chi connectivity index (χ4v) is 2.79. The Kier molecular flexibility index (Phi) is 10.3. The average Bonchev–Trinajstić information content (AvgIpc) is 2.60. The molecule has 7 nitrogen and oxygen atoms in total. The highest BCUT2D eigenvalue weighted by molar-refractivity contribution is 14.0. The molecule has 26 heavy (non-hydrogen) atoms. The second-order valence-electron chi connectivity index (χ2n) is 6.25. The second kappa shape index (κ2) is 11.9. The summed E-state index contributed by atoms with van der Waals surface area (Å²) in [6.07, 6.45) is 3.39. The number of amides is 1. The number of guanidine groups is 1. The third-order valence-electron chi connectivity index (χ3n) is 4.08. The van der Waals surface area contributed by atoms with Crippen LogP contribution in [0.1, 0.15) is 38.2 Å². The van der Waals surface area contributed by atoms with Gasteiger partial charge in [-0.2, -0.15) is 0 Å². The van der Waals surface area contributed by atoms with Crippen molar-refractivity contribution in [2.24, 2.45) is 10.7 Å². The Morgan fingerprint density at radius 3 is 2.73 bits per heavy atom. The molecular weight excluding hydrogens is 447 g/mol. The molecule has 1 aromatic rings. The Bertz CT molecular complexity index is 590. The highest BCUT2D eigenvalue weighted by Gasteiger charge is 2.19. The second-order valence-corrected chi connectivity index (χ2v) is 6.25. The number of aliphatic hydroxyl groups is 1. The highest BCUT2D eigenvalue weighted by atomic mass is 127. The first-order valence-corrected chi connectivity index (χ1v) is 8.79. The predicted octanol–water partition coefficient (Wildman–Crippen LogP) is 1.53. The third-order valence-corrected chi connectivity index (χ3v) is 4.08. The molecule has 0 heterocycles. The van der Waals surface area contributed by atoms with Crippen LogP contribution in [0.25, 0.3) is 0 Å². The molecule has 1 aromatic carbocycles. The topological polar surface area (TPSA) is 109 Å². The fraction of sp³-hybridized carbons (Fsp3) is 0.556. The highest BCUT2D eigenvalue weighted by Crippen LogP contribution is 2.18. The molecule has 0 unspecified atom stereocenters. The Morgan fingerprint density at radius 2 is 2.08 bits per heavy atom. The number of rotatable bonds is 7. The van der Waals surface area contributed by atoms with Gasteiger partial charge in [0.05, 0.1) is 12.6 Å². The molecule has 1 aliphatic carbocycles. The lowest BCUT2D eigenvalue weighted by molar-refractivity contribution is -0.119. The van der Waals surface area contributed by atoms with Crippen LogP contribution in [-0.4, -0.2) is 42.3 Å². The van der Waals surface area contributed by atoms with E-state index in [4.69, 9.17) is 10.5 Å². The number of aliphatic hydroxyl groups excluding tert-OH is 1. The van der Waals surface area contributed by atoms with E-state index in [1.165, 1.54) is 0 Å². The van der Waals surface area contributed by atoms with Crippen molar-refractivity contribution in [3.8, 4) is 5.75 Å². The van der Waals surface area contributed by atoms with Crippen LogP contribution in [0.5, 0.6) is 5.75 Å². The molecule has 0 aliphatic heterocycles. The van der Waals surface area contributed by atoms with Crippen molar-refractivity contribution < 1.29 is 14.6 Å². The van der Waals surface area contributed by atoms with Gasteiger partial charge in [0.25, 0.3) is 5.91 Å². The van der Waals surface area contributed by atoms with E-state index in [9.17, 15) is 9.90 Å². The maximum atomic E-state index is 10.8. The minimum absolute atomic E-state index is 0. The van der Waals surface area contributed by atoms with E-state index in [1.807, 2.05) is 25.1 Å². The summed E-state index contributed by atoms with van der Waals surface area (Å²) in [6, 6.07) is 7.80. The minimum atomic E-state index is -0.500. The first-order valence-electron chi connectivity index (χ1n) is 8.79.